The van der Waals surface area contributed by atoms with Gasteiger partial charge in [-0.1, -0.05) is 24.3 Å². The summed E-state index contributed by atoms with van der Waals surface area (Å²) in [5.41, 5.74) is 4.54. The minimum Gasteiger partial charge on any atom is -0.355 e. The molecule has 0 saturated heterocycles. The lowest BCUT2D eigenvalue weighted by molar-refractivity contribution is 0.0817. The summed E-state index contributed by atoms with van der Waals surface area (Å²) in [6, 6.07) is 14.2. The van der Waals surface area contributed by atoms with Crippen molar-refractivity contribution in [3.63, 3.8) is 0 Å². The van der Waals surface area contributed by atoms with Crippen molar-refractivity contribution < 1.29 is 4.79 Å². The number of hydrogen-bond acceptors (Lipinski definition) is 4. The molecule has 0 radical (unpaired) electrons. The van der Waals surface area contributed by atoms with Gasteiger partial charge in [0.15, 0.2) is 5.82 Å². The molecule has 0 fully saturated rings. The molecule has 1 aromatic heterocycles. The topological polar surface area (TPSA) is 63.1 Å². The Hall–Kier alpha value is -3.15. The second kappa shape index (κ2) is 6.29. The fourth-order valence-corrected chi connectivity index (χ4v) is 3.33. The van der Waals surface area contributed by atoms with E-state index in [9.17, 15) is 4.79 Å². The molecule has 1 aliphatic rings. The summed E-state index contributed by atoms with van der Waals surface area (Å²) >= 11 is 0. The lowest BCUT2D eigenvalue weighted by Crippen LogP contribution is -2.18. The van der Waals surface area contributed by atoms with Crippen molar-refractivity contribution in [1.29, 1.82) is 0 Å². The maximum atomic E-state index is 12.4. The molecule has 2 heterocycles. The van der Waals surface area contributed by atoms with Gasteiger partial charge in [0.25, 0.3) is 5.91 Å². The molecule has 1 aliphatic heterocycles. The zero-order valence-corrected chi connectivity index (χ0v) is 15.1. The Labute approximate surface area is 152 Å². The van der Waals surface area contributed by atoms with Gasteiger partial charge in [-0.2, -0.15) is 0 Å². The van der Waals surface area contributed by atoms with Crippen LogP contribution < -0.4 is 5.32 Å². The van der Waals surface area contributed by atoms with Crippen molar-refractivity contribution in [2.24, 2.45) is 0 Å². The second-order valence-corrected chi connectivity index (χ2v) is 6.86. The van der Waals surface area contributed by atoms with Crippen molar-refractivity contribution in [3.8, 4) is 11.4 Å². The van der Waals surface area contributed by atoms with Crippen LogP contribution in [-0.2, 0) is 6.54 Å². The summed E-state index contributed by atoms with van der Waals surface area (Å²) < 4.78 is 2.04. The molecule has 4 rings (SSSR count). The SMILES string of the molecule is CC(C)n1cnnc1-c1cccc(Nc2cccc3c2C(=O)N(C)C3)c1. The van der Waals surface area contributed by atoms with Crippen LogP contribution in [0.3, 0.4) is 0 Å². The largest absolute Gasteiger partial charge is 0.355 e. The van der Waals surface area contributed by atoms with Crippen molar-refractivity contribution in [3.05, 3.63) is 59.9 Å². The molecule has 0 atom stereocenters. The Morgan fingerprint density at radius 3 is 2.77 bits per heavy atom. The smallest absolute Gasteiger partial charge is 0.256 e. The van der Waals surface area contributed by atoms with Gasteiger partial charge in [0, 0.05) is 30.9 Å². The van der Waals surface area contributed by atoms with Crippen molar-refractivity contribution in [1.82, 2.24) is 19.7 Å². The molecular formula is C20H21N5O. The number of carbonyl (C=O) groups is 1. The molecule has 1 N–H and O–H groups in total. The Bertz CT molecular complexity index is 976. The van der Waals surface area contributed by atoms with E-state index in [1.54, 1.807) is 11.2 Å². The molecule has 2 aromatic carbocycles. The highest BCUT2D eigenvalue weighted by Crippen LogP contribution is 2.31. The van der Waals surface area contributed by atoms with E-state index in [0.29, 0.717) is 6.54 Å². The summed E-state index contributed by atoms with van der Waals surface area (Å²) in [6.45, 7) is 4.86. The van der Waals surface area contributed by atoms with Gasteiger partial charge in [-0.25, -0.2) is 0 Å². The third-order valence-corrected chi connectivity index (χ3v) is 4.65. The summed E-state index contributed by atoms with van der Waals surface area (Å²) in [7, 11) is 1.82. The summed E-state index contributed by atoms with van der Waals surface area (Å²) in [6.07, 6.45) is 1.75. The lowest BCUT2D eigenvalue weighted by Gasteiger charge is -2.13. The van der Waals surface area contributed by atoms with Crippen molar-refractivity contribution in [2.75, 3.05) is 12.4 Å². The summed E-state index contributed by atoms with van der Waals surface area (Å²) in [5, 5.41) is 11.7. The number of aromatic nitrogens is 3. The van der Waals surface area contributed by atoms with E-state index in [2.05, 4.69) is 29.4 Å². The van der Waals surface area contributed by atoms with E-state index in [-0.39, 0.29) is 11.9 Å². The normalized spacial score (nSPS) is 13.4. The Morgan fingerprint density at radius 1 is 1.15 bits per heavy atom. The molecule has 0 spiro atoms. The van der Waals surface area contributed by atoms with E-state index in [4.69, 9.17) is 0 Å². The van der Waals surface area contributed by atoms with E-state index in [1.165, 1.54) is 0 Å². The van der Waals surface area contributed by atoms with Crippen LogP contribution in [0.1, 0.15) is 35.8 Å². The molecule has 1 amide bonds. The first-order chi connectivity index (χ1) is 12.5. The number of hydrogen-bond donors (Lipinski definition) is 1. The molecule has 0 saturated carbocycles. The third-order valence-electron chi connectivity index (χ3n) is 4.65. The molecule has 0 unspecified atom stereocenters. The number of carbonyl (C=O) groups excluding carboxylic acids is 1. The van der Waals surface area contributed by atoms with Gasteiger partial charge in [0.2, 0.25) is 0 Å². The van der Waals surface area contributed by atoms with Crippen molar-refractivity contribution in [2.45, 2.75) is 26.4 Å². The lowest BCUT2D eigenvalue weighted by atomic mass is 10.1. The molecule has 0 aliphatic carbocycles. The van der Waals surface area contributed by atoms with E-state index in [1.807, 2.05) is 54.1 Å². The average molecular weight is 347 g/mol. The van der Waals surface area contributed by atoms with Crippen LogP contribution in [0.4, 0.5) is 11.4 Å². The molecule has 132 valence electrons. The first kappa shape index (κ1) is 16.3. The predicted octanol–water partition coefficient (Wildman–Crippen LogP) is 3.86. The highest BCUT2D eigenvalue weighted by atomic mass is 16.2. The minimum atomic E-state index is 0.0544. The zero-order chi connectivity index (χ0) is 18.3. The maximum Gasteiger partial charge on any atom is 0.256 e. The quantitative estimate of drug-likeness (QED) is 0.778. The van der Waals surface area contributed by atoms with Crippen LogP contribution in [0.25, 0.3) is 11.4 Å². The highest BCUT2D eigenvalue weighted by molar-refractivity contribution is 6.04. The molecule has 6 heteroatoms. The maximum absolute atomic E-state index is 12.4. The number of benzene rings is 2. The summed E-state index contributed by atoms with van der Waals surface area (Å²) in [5.74, 6) is 0.886. The molecule has 6 nitrogen and oxygen atoms in total. The van der Waals surface area contributed by atoms with Crippen LogP contribution in [0, 0.1) is 0 Å². The Kier molecular flexibility index (Phi) is 3.95. The first-order valence-corrected chi connectivity index (χ1v) is 8.69. The van der Waals surface area contributed by atoms with Crippen LogP contribution in [0.2, 0.25) is 0 Å². The Morgan fingerprint density at radius 2 is 1.96 bits per heavy atom. The summed E-state index contributed by atoms with van der Waals surface area (Å²) in [4.78, 5) is 14.2. The van der Waals surface area contributed by atoms with Crippen LogP contribution in [0.5, 0.6) is 0 Å². The minimum absolute atomic E-state index is 0.0544. The number of amides is 1. The molecular weight excluding hydrogens is 326 g/mol. The number of rotatable bonds is 4. The van der Waals surface area contributed by atoms with Crippen LogP contribution >= 0.6 is 0 Å². The van der Waals surface area contributed by atoms with E-state index < -0.39 is 0 Å². The molecule has 3 aromatic rings. The van der Waals surface area contributed by atoms with Gasteiger partial charge in [-0.15, -0.1) is 10.2 Å². The number of fused-ring (bicyclic) bond motifs is 1. The predicted molar refractivity (Wildman–Crippen MR) is 101 cm³/mol. The first-order valence-electron chi connectivity index (χ1n) is 8.69. The molecule has 0 bridgehead atoms. The fraction of sp³-hybridized carbons (Fsp3) is 0.250. The fourth-order valence-electron chi connectivity index (χ4n) is 3.33. The van der Waals surface area contributed by atoms with Gasteiger partial charge in [0.1, 0.15) is 6.33 Å². The standard InChI is InChI=1S/C20H21N5O/c1-13(2)25-12-21-23-19(25)14-6-4-8-16(10-14)22-17-9-5-7-15-11-24(3)20(26)18(15)17/h4-10,12-13,22H,11H2,1-3H3. The second-order valence-electron chi connectivity index (χ2n) is 6.86. The Balaban J connectivity index is 1.69. The van der Waals surface area contributed by atoms with Crippen LogP contribution in [-0.4, -0.2) is 32.6 Å². The zero-order valence-electron chi connectivity index (χ0n) is 15.1. The third kappa shape index (κ3) is 2.73. The monoisotopic (exact) mass is 347 g/mol. The van der Waals surface area contributed by atoms with Crippen LogP contribution in [0.15, 0.2) is 48.8 Å². The van der Waals surface area contributed by atoms with Gasteiger partial charge in [-0.3, -0.25) is 4.79 Å². The number of anilines is 2. The van der Waals surface area contributed by atoms with Gasteiger partial charge < -0.3 is 14.8 Å². The highest BCUT2D eigenvalue weighted by Gasteiger charge is 2.27. The number of nitrogens with one attached hydrogen (secondary N) is 1. The van der Waals surface area contributed by atoms with E-state index in [0.717, 1.165) is 33.9 Å². The molecule has 26 heavy (non-hydrogen) atoms. The average Bonchev–Trinajstić information content (AvgIpc) is 3.21. The van der Waals surface area contributed by atoms with Gasteiger partial charge in [-0.05, 0) is 37.6 Å². The van der Waals surface area contributed by atoms with E-state index >= 15 is 0 Å². The van der Waals surface area contributed by atoms with Gasteiger partial charge >= 0.3 is 0 Å². The van der Waals surface area contributed by atoms with Crippen molar-refractivity contribution >= 4 is 17.3 Å². The van der Waals surface area contributed by atoms with Gasteiger partial charge in [0.05, 0.1) is 11.3 Å². The number of nitrogens with zero attached hydrogens (tertiary/aromatic N) is 4.